The van der Waals surface area contributed by atoms with Gasteiger partial charge in [-0.2, -0.15) is 0 Å². The summed E-state index contributed by atoms with van der Waals surface area (Å²) in [5, 5.41) is 0. The number of nitrogens with two attached hydrogens (primary N) is 2. The van der Waals surface area contributed by atoms with Crippen LogP contribution in [-0.4, -0.2) is 107 Å². The van der Waals surface area contributed by atoms with Crippen molar-refractivity contribution in [2.24, 2.45) is 10.8 Å². The molecule has 3 aliphatic heterocycles. The van der Waals surface area contributed by atoms with Crippen LogP contribution in [0, 0.1) is 10.8 Å². The Balaban J connectivity index is 1.25. The van der Waals surface area contributed by atoms with Crippen molar-refractivity contribution in [1.29, 1.82) is 0 Å². The lowest BCUT2D eigenvalue weighted by molar-refractivity contribution is -0.151. The largest absolute Gasteiger partial charge is 0.454 e. The number of esters is 2. The summed E-state index contributed by atoms with van der Waals surface area (Å²) in [7, 11) is 0. The number of carbonyl (C=O) groups excluding carboxylic acids is 2. The maximum atomic E-state index is 16.8. The standard InChI is InChI=1S/C32H43FN10O12P2S2/c1-31(2,3)29(44)48-14-58-56(46)51-9-18-20(33)23(28(53-18)43-13-41-22-25(35)37-11-39-27(22)43)55-57(47,59-15-49-30(45)32(4,5)6)50-8-17-16(54-56)7-19(52-17)42-12-40-21-24(34)36-10-38-26(21)42/h10-13,16-20,23,28H,7-9,14-15H2,1-6H3,(H2,34,36,38)(H2,35,37,39)/t16-,17+,18+,19+,20-,23+,28+,56?,57?/m0/s1. The second-order valence-corrected chi connectivity index (χ2v) is 23.5. The predicted molar refractivity (Wildman–Crippen MR) is 210 cm³/mol. The summed E-state index contributed by atoms with van der Waals surface area (Å²) in [4.78, 5) is 50.3. The number of carbonyl (C=O) groups is 2. The third kappa shape index (κ3) is 9.38. The smallest absolute Gasteiger partial charge is 0.393 e. The molecule has 0 amide bonds. The lowest BCUT2D eigenvalue weighted by Crippen LogP contribution is -2.32. The van der Waals surface area contributed by atoms with Gasteiger partial charge in [0.1, 0.15) is 66.2 Å². The lowest BCUT2D eigenvalue weighted by atomic mass is 9.98. The van der Waals surface area contributed by atoms with E-state index >= 15 is 4.39 Å². The maximum absolute atomic E-state index is 16.8. The Morgan fingerprint density at radius 3 is 1.83 bits per heavy atom. The molecule has 4 N–H and O–H groups in total. The predicted octanol–water partition coefficient (Wildman–Crippen LogP) is 4.95. The van der Waals surface area contributed by atoms with Gasteiger partial charge in [-0.05, 0) is 41.5 Å². The molecule has 4 aromatic rings. The molecular weight excluding hydrogens is 861 g/mol. The second-order valence-electron chi connectivity index (χ2n) is 15.6. The Hall–Kier alpha value is -3.51. The Morgan fingerprint density at radius 1 is 0.763 bits per heavy atom. The normalized spacial score (nSPS) is 30.7. The van der Waals surface area contributed by atoms with Crippen molar-refractivity contribution in [2.75, 3.05) is 36.6 Å². The maximum Gasteiger partial charge on any atom is 0.393 e. The summed E-state index contributed by atoms with van der Waals surface area (Å²) in [5.41, 5.74) is 11.2. The zero-order chi connectivity index (χ0) is 42.5. The number of alkyl halides is 1. The number of nitrogen functional groups attached to an aromatic ring is 2. The van der Waals surface area contributed by atoms with Gasteiger partial charge in [0.2, 0.25) is 0 Å². The van der Waals surface area contributed by atoms with Crippen molar-refractivity contribution in [3.63, 3.8) is 0 Å². The molecule has 2 unspecified atom stereocenters. The van der Waals surface area contributed by atoms with Crippen LogP contribution in [0.3, 0.4) is 0 Å². The highest BCUT2D eigenvalue weighted by Gasteiger charge is 2.53. The third-order valence-electron chi connectivity index (χ3n) is 9.14. The van der Waals surface area contributed by atoms with Crippen LogP contribution in [0.4, 0.5) is 16.0 Å². The van der Waals surface area contributed by atoms with Gasteiger partial charge in [-0.3, -0.25) is 36.8 Å². The molecule has 9 atom stereocenters. The van der Waals surface area contributed by atoms with Crippen LogP contribution in [0.2, 0.25) is 0 Å². The average molecular weight is 905 g/mol. The van der Waals surface area contributed by atoms with Gasteiger partial charge in [-0.15, -0.1) is 0 Å². The number of fused-ring (bicyclic) bond motifs is 5. The van der Waals surface area contributed by atoms with Crippen molar-refractivity contribution < 1.29 is 60.2 Å². The molecule has 2 bridgehead atoms. The highest BCUT2D eigenvalue weighted by atomic mass is 32.7. The Kier molecular flexibility index (Phi) is 12.4. The molecule has 27 heteroatoms. The van der Waals surface area contributed by atoms with E-state index < -0.39 is 104 Å². The molecule has 322 valence electrons. The van der Waals surface area contributed by atoms with Crippen LogP contribution in [0.1, 0.15) is 60.4 Å². The average Bonchev–Trinajstić information content (AvgIpc) is 3.95. The molecule has 0 radical (unpaired) electrons. The highest BCUT2D eigenvalue weighted by molar-refractivity contribution is 8.55. The van der Waals surface area contributed by atoms with E-state index in [-0.39, 0.29) is 29.2 Å². The molecule has 59 heavy (non-hydrogen) atoms. The number of rotatable bonds is 8. The van der Waals surface area contributed by atoms with Crippen LogP contribution in [0.15, 0.2) is 25.3 Å². The van der Waals surface area contributed by atoms with E-state index in [0.29, 0.717) is 33.9 Å². The fourth-order valence-corrected chi connectivity index (χ4v) is 11.6. The SMILES string of the molecule is CC(C)(C)C(=O)OCSP1(=O)OC[C@H]2O[C@@H](n3cnc4c(N)ncnc43)C[C@@H]2OP(=O)(SCOC(=O)C(C)(C)C)OC[C@H]2O[C@@H](n3cnc4c(N)ncnc43)[C@H](O1)[C@H]2F. The van der Waals surface area contributed by atoms with Gasteiger partial charge >= 0.3 is 25.5 Å². The second kappa shape index (κ2) is 16.7. The summed E-state index contributed by atoms with van der Waals surface area (Å²) < 4.78 is 96.7. The van der Waals surface area contributed by atoms with E-state index in [9.17, 15) is 18.7 Å². The zero-order valence-electron chi connectivity index (χ0n) is 32.6. The van der Waals surface area contributed by atoms with Gasteiger partial charge in [0.15, 0.2) is 35.3 Å². The quantitative estimate of drug-likeness (QED) is 0.134. The number of imidazole rings is 2. The molecule has 3 saturated heterocycles. The van der Waals surface area contributed by atoms with E-state index in [1.165, 1.54) is 29.9 Å². The molecule has 3 fully saturated rings. The number of anilines is 2. The number of nitrogens with zero attached hydrogens (tertiary/aromatic N) is 8. The van der Waals surface area contributed by atoms with E-state index in [2.05, 4.69) is 29.9 Å². The van der Waals surface area contributed by atoms with Crippen molar-refractivity contribution in [3.05, 3.63) is 25.3 Å². The van der Waals surface area contributed by atoms with E-state index in [1.807, 2.05) is 0 Å². The molecule has 22 nitrogen and oxygen atoms in total. The van der Waals surface area contributed by atoms with Crippen LogP contribution < -0.4 is 11.5 Å². The van der Waals surface area contributed by atoms with Crippen molar-refractivity contribution in [1.82, 2.24) is 39.0 Å². The molecule has 4 aromatic heterocycles. The van der Waals surface area contributed by atoms with E-state index in [1.54, 1.807) is 46.1 Å². The summed E-state index contributed by atoms with van der Waals surface area (Å²) in [6, 6.07) is 0. The van der Waals surface area contributed by atoms with Gasteiger partial charge in [0.05, 0.1) is 36.7 Å². The highest BCUT2D eigenvalue weighted by Crippen LogP contribution is 2.66. The van der Waals surface area contributed by atoms with E-state index in [4.69, 9.17) is 48.5 Å². The zero-order valence-corrected chi connectivity index (χ0v) is 36.0. The monoisotopic (exact) mass is 904 g/mol. The number of ether oxygens (including phenoxy) is 4. The number of aromatic nitrogens is 8. The molecule has 7 heterocycles. The summed E-state index contributed by atoms with van der Waals surface area (Å²) in [5.74, 6) is -2.02. The first kappa shape index (κ1) is 43.6. The Morgan fingerprint density at radius 2 is 1.27 bits per heavy atom. The third-order valence-corrected chi connectivity index (χ3v) is 15.9. The first-order valence-electron chi connectivity index (χ1n) is 18.1. The molecule has 0 aliphatic carbocycles. The topological polar surface area (TPSA) is 281 Å². The molecule has 0 saturated carbocycles. The molecule has 0 aromatic carbocycles. The first-order chi connectivity index (χ1) is 27.8. The fraction of sp³-hybridized carbons (Fsp3) is 0.625. The van der Waals surface area contributed by atoms with Crippen molar-refractivity contribution >= 4 is 82.3 Å². The van der Waals surface area contributed by atoms with Gasteiger partial charge in [0.25, 0.3) is 0 Å². The van der Waals surface area contributed by atoms with Crippen LogP contribution >= 0.6 is 36.4 Å². The summed E-state index contributed by atoms with van der Waals surface area (Å²) in [6.45, 7) is -0.369. The molecule has 7 rings (SSSR count). The lowest BCUT2D eigenvalue weighted by Gasteiger charge is -2.28. The minimum Gasteiger partial charge on any atom is -0.454 e. The molecule has 0 spiro atoms. The minimum absolute atomic E-state index is 0.0182. The Labute approximate surface area is 344 Å². The number of halogens is 1. The van der Waals surface area contributed by atoms with Crippen LogP contribution in [0.5, 0.6) is 0 Å². The first-order valence-corrected chi connectivity index (χ1v) is 24.3. The van der Waals surface area contributed by atoms with E-state index in [0.717, 1.165) is 0 Å². The van der Waals surface area contributed by atoms with Crippen LogP contribution in [-0.2, 0) is 55.8 Å². The van der Waals surface area contributed by atoms with Crippen LogP contribution in [0.25, 0.3) is 22.3 Å². The minimum atomic E-state index is -4.57. The fourth-order valence-electron chi connectivity index (χ4n) is 6.00. The molecular formula is C32H43FN10O12P2S2. The van der Waals surface area contributed by atoms with Crippen molar-refractivity contribution in [2.45, 2.75) is 91.0 Å². The number of hydrogen-bond donors (Lipinski definition) is 2. The number of hydrogen-bond acceptors (Lipinski definition) is 22. The van der Waals surface area contributed by atoms with Crippen molar-refractivity contribution in [3.8, 4) is 0 Å². The summed E-state index contributed by atoms with van der Waals surface area (Å²) in [6.07, 6.45) is -4.85. The van der Waals surface area contributed by atoms with Gasteiger partial charge < -0.3 is 30.4 Å². The molecule has 3 aliphatic rings. The van der Waals surface area contributed by atoms with Gasteiger partial charge in [-0.1, -0.05) is 0 Å². The van der Waals surface area contributed by atoms with Gasteiger partial charge in [0, 0.05) is 29.2 Å². The Bertz CT molecular complexity index is 2310. The summed E-state index contributed by atoms with van der Waals surface area (Å²) >= 11 is 1.04. The van der Waals surface area contributed by atoms with Gasteiger partial charge in [-0.25, -0.2) is 43.4 Å².